The Kier molecular flexibility index (Phi) is 4.50. The number of H-pyrrole nitrogens is 1. The molecule has 2 rings (SSSR count). The number of hydrogen-bond donors (Lipinski definition) is 4. The maximum Gasteiger partial charge on any atom is 0.330 e. The van der Waals surface area contributed by atoms with Gasteiger partial charge in [-0.1, -0.05) is 0 Å². The van der Waals surface area contributed by atoms with E-state index < -0.39 is 41.9 Å². The summed E-state index contributed by atoms with van der Waals surface area (Å²) < 4.78 is 6.34. The van der Waals surface area contributed by atoms with Gasteiger partial charge in [0.2, 0.25) is 0 Å². The second kappa shape index (κ2) is 6.04. The molecule has 1 saturated heterocycles. The fraction of sp³-hybridized carbons (Fsp3) is 0.500. The molecule has 2 heterocycles. The van der Waals surface area contributed by atoms with E-state index in [0.29, 0.717) is 0 Å². The molecule has 0 aromatic carbocycles. The van der Waals surface area contributed by atoms with Crippen LogP contribution in [0.25, 0.3) is 0 Å². The van der Waals surface area contributed by atoms with E-state index in [-0.39, 0.29) is 0 Å². The van der Waals surface area contributed by atoms with Crippen LogP contribution in [-0.2, 0) is 4.74 Å². The molecule has 8 nitrogen and oxygen atoms in total. The van der Waals surface area contributed by atoms with Crippen molar-refractivity contribution in [3.8, 4) is 0 Å². The molecule has 0 unspecified atom stereocenters. The summed E-state index contributed by atoms with van der Waals surface area (Å²) in [6, 6.07) is 1.09. The zero-order chi connectivity index (χ0) is 16.5. The van der Waals surface area contributed by atoms with Gasteiger partial charge < -0.3 is 20.1 Å². The highest BCUT2D eigenvalue weighted by Crippen LogP contribution is 2.38. The van der Waals surface area contributed by atoms with Gasteiger partial charge in [0.05, 0.1) is 6.61 Å². The Balaban J connectivity index is 2.58. The summed E-state index contributed by atoms with van der Waals surface area (Å²) in [4.78, 5) is 25.1. The molecule has 0 aliphatic carbocycles. The monoisotopic (exact) mass is 310 g/mol. The van der Waals surface area contributed by atoms with Crippen LogP contribution < -0.4 is 11.2 Å². The van der Waals surface area contributed by atoms with E-state index in [0.717, 1.165) is 22.4 Å². The third kappa shape index (κ3) is 2.83. The maximum atomic E-state index is 11.9. The average molecular weight is 310 g/mol. The Morgan fingerprint density at radius 2 is 2.23 bits per heavy atom. The first-order chi connectivity index (χ1) is 10.3. The molecule has 0 radical (unpaired) electrons. The van der Waals surface area contributed by atoms with E-state index in [1.165, 1.54) is 6.08 Å². The summed E-state index contributed by atoms with van der Waals surface area (Å²) in [6.45, 7) is 2.94. The van der Waals surface area contributed by atoms with Gasteiger partial charge >= 0.3 is 5.69 Å². The fourth-order valence-electron chi connectivity index (χ4n) is 2.25. The molecule has 0 saturated carbocycles. The van der Waals surface area contributed by atoms with Gasteiger partial charge in [0.15, 0.2) is 11.8 Å². The molecule has 0 spiro atoms. The minimum atomic E-state index is -1.98. The van der Waals surface area contributed by atoms with E-state index in [1.807, 2.05) is 4.98 Å². The van der Waals surface area contributed by atoms with Crippen molar-refractivity contribution in [1.29, 1.82) is 0 Å². The summed E-state index contributed by atoms with van der Waals surface area (Å²) >= 11 is 0. The van der Waals surface area contributed by atoms with Crippen LogP contribution in [-0.4, -0.2) is 49.3 Å². The highest BCUT2D eigenvalue weighted by atomic mass is 16.6. The lowest BCUT2D eigenvalue weighted by molar-refractivity contribution is -0.0814. The normalized spacial score (nSPS) is 30.9. The van der Waals surface area contributed by atoms with Crippen molar-refractivity contribution in [3.05, 3.63) is 50.5 Å². The van der Waals surface area contributed by atoms with E-state index in [9.17, 15) is 24.9 Å². The zero-order valence-corrected chi connectivity index (χ0v) is 12.2. The Labute approximate surface area is 125 Å². The molecule has 8 heteroatoms. The highest BCUT2D eigenvalue weighted by Gasteiger charge is 2.55. The fourth-order valence-corrected chi connectivity index (χ4v) is 2.25. The lowest BCUT2D eigenvalue weighted by atomic mass is 9.93. The van der Waals surface area contributed by atoms with Gasteiger partial charge in [-0.25, -0.2) is 4.79 Å². The number of aromatic amines is 1. The second-order valence-corrected chi connectivity index (χ2v) is 5.35. The number of nitrogens with one attached hydrogen (secondary N) is 1. The Morgan fingerprint density at radius 1 is 1.55 bits per heavy atom. The number of rotatable bonds is 3. The molecule has 0 bridgehead atoms. The molecular weight excluding hydrogens is 292 g/mol. The van der Waals surface area contributed by atoms with Crippen molar-refractivity contribution in [3.63, 3.8) is 0 Å². The number of aromatic nitrogens is 2. The van der Waals surface area contributed by atoms with Gasteiger partial charge in [-0.15, -0.1) is 5.73 Å². The van der Waals surface area contributed by atoms with Crippen molar-refractivity contribution < 1.29 is 20.1 Å². The van der Waals surface area contributed by atoms with Crippen LogP contribution in [0.4, 0.5) is 0 Å². The minimum Gasteiger partial charge on any atom is -0.394 e. The highest BCUT2D eigenvalue weighted by molar-refractivity contribution is 5.15. The molecule has 1 aliphatic rings. The maximum absolute atomic E-state index is 11.9. The van der Waals surface area contributed by atoms with E-state index in [4.69, 9.17) is 4.74 Å². The lowest BCUT2D eigenvalue weighted by Crippen LogP contribution is -2.47. The molecule has 1 aromatic rings. The van der Waals surface area contributed by atoms with Crippen LogP contribution >= 0.6 is 0 Å². The number of aliphatic hydroxyl groups excluding tert-OH is 2. The third-order valence-electron chi connectivity index (χ3n) is 3.40. The number of ether oxygens (including phenoxy) is 1. The summed E-state index contributed by atoms with van der Waals surface area (Å²) in [5.41, 5.74) is 0.129. The standard InChI is InChI=1S/C14H18N2O6/c1-8(2)3-5-14(21)11(19)9(7-17)22-12(14)16-6-4-10(18)15-13(16)20/h4-6,9,11-12,17,19,21H,7H2,1-2H3,(H,15,18,20)/t9-,11-,12-,14-/m1/s1. The molecule has 1 aromatic heterocycles. The largest absolute Gasteiger partial charge is 0.394 e. The molecule has 0 amide bonds. The smallest absolute Gasteiger partial charge is 0.330 e. The van der Waals surface area contributed by atoms with Crippen molar-refractivity contribution in [2.24, 2.45) is 0 Å². The Morgan fingerprint density at radius 3 is 2.77 bits per heavy atom. The number of aliphatic hydroxyl groups is 3. The molecule has 4 N–H and O–H groups in total. The van der Waals surface area contributed by atoms with Crippen LogP contribution in [0.5, 0.6) is 0 Å². The number of hydrogen-bond acceptors (Lipinski definition) is 6. The van der Waals surface area contributed by atoms with Crippen molar-refractivity contribution in [2.45, 2.75) is 37.9 Å². The molecule has 22 heavy (non-hydrogen) atoms. The zero-order valence-electron chi connectivity index (χ0n) is 12.2. The first-order valence-corrected chi connectivity index (χ1v) is 6.69. The summed E-state index contributed by atoms with van der Waals surface area (Å²) in [7, 11) is 0. The van der Waals surface area contributed by atoms with Crippen molar-refractivity contribution in [1.82, 2.24) is 9.55 Å². The van der Waals surface area contributed by atoms with Gasteiger partial charge in [0, 0.05) is 12.3 Å². The SMILES string of the molecule is CC(C)=C=C[C@@]1(O)[C@H](O)[C@@H](CO)O[C@H]1n1ccc(=O)[nH]c1=O. The lowest BCUT2D eigenvalue weighted by Gasteiger charge is -2.27. The van der Waals surface area contributed by atoms with Crippen LogP contribution in [0.1, 0.15) is 20.1 Å². The molecule has 120 valence electrons. The van der Waals surface area contributed by atoms with Gasteiger partial charge in [0.25, 0.3) is 5.56 Å². The van der Waals surface area contributed by atoms with Crippen molar-refractivity contribution in [2.75, 3.05) is 6.61 Å². The Bertz CT molecular complexity index is 725. The first-order valence-electron chi connectivity index (χ1n) is 6.69. The summed E-state index contributed by atoms with van der Waals surface area (Å²) in [5.74, 6) is 0. The van der Waals surface area contributed by atoms with Crippen LogP contribution in [0.15, 0.2) is 39.2 Å². The molecule has 1 aliphatic heterocycles. The first kappa shape index (κ1) is 16.4. The van der Waals surface area contributed by atoms with E-state index in [2.05, 4.69) is 5.73 Å². The van der Waals surface area contributed by atoms with Crippen LogP contribution in [0, 0.1) is 0 Å². The quantitative estimate of drug-likeness (QED) is 0.511. The average Bonchev–Trinajstić information content (AvgIpc) is 2.70. The molecule has 4 atom stereocenters. The van der Waals surface area contributed by atoms with Gasteiger partial charge in [-0.2, -0.15) is 0 Å². The van der Waals surface area contributed by atoms with E-state index >= 15 is 0 Å². The summed E-state index contributed by atoms with van der Waals surface area (Å²) in [5, 5.41) is 30.2. The van der Waals surface area contributed by atoms with Gasteiger partial charge in [-0.05, 0) is 25.5 Å². The second-order valence-electron chi connectivity index (χ2n) is 5.35. The van der Waals surface area contributed by atoms with Crippen LogP contribution in [0.3, 0.4) is 0 Å². The third-order valence-corrected chi connectivity index (χ3v) is 3.40. The topological polar surface area (TPSA) is 125 Å². The van der Waals surface area contributed by atoms with E-state index in [1.54, 1.807) is 13.8 Å². The molecular formula is C14H18N2O6. The van der Waals surface area contributed by atoms with Gasteiger partial charge in [-0.3, -0.25) is 14.3 Å². The predicted octanol–water partition coefficient (Wildman–Crippen LogP) is -1.36. The van der Waals surface area contributed by atoms with Crippen LogP contribution in [0.2, 0.25) is 0 Å². The predicted molar refractivity (Wildman–Crippen MR) is 76.2 cm³/mol. The summed E-state index contributed by atoms with van der Waals surface area (Å²) in [6.07, 6.45) is -1.50. The Hall–Kier alpha value is -1.96. The van der Waals surface area contributed by atoms with Crippen molar-refractivity contribution >= 4 is 0 Å². The minimum absolute atomic E-state index is 0.541. The van der Waals surface area contributed by atoms with Gasteiger partial charge in [0.1, 0.15) is 12.2 Å². The number of nitrogens with zero attached hydrogens (tertiary/aromatic N) is 1. The molecule has 1 fully saturated rings.